The molecule has 3 unspecified atom stereocenters. The molecule has 192 valence electrons. The molecule has 0 radical (unpaired) electrons. The zero-order valence-corrected chi connectivity index (χ0v) is 21.2. The molecule has 36 heavy (non-hydrogen) atoms. The van der Waals surface area contributed by atoms with Gasteiger partial charge in [-0.2, -0.15) is 13.2 Å². The number of amides is 1. The van der Waals surface area contributed by atoms with Gasteiger partial charge in [-0.3, -0.25) is 9.69 Å². The van der Waals surface area contributed by atoms with Crippen molar-refractivity contribution in [3.8, 4) is 0 Å². The third kappa shape index (κ3) is 4.38. The fraction of sp³-hybridized carbons (Fsp3) is 0.500. The first kappa shape index (κ1) is 25.1. The molecule has 2 aromatic rings. The quantitative estimate of drug-likeness (QED) is 0.508. The lowest BCUT2D eigenvalue weighted by Crippen LogP contribution is -2.50. The Balaban J connectivity index is 1.22. The van der Waals surface area contributed by atoms with E-state index in [1.807, 2.05) is 6.92 Å². The topological polar surface area (TPSA) is 32.3 Å². The molecular formula is C30H35F3N2O. The second-order valence-corrected chi connectivity index (χ2v) is 11.4. The molecule has 1 saturated heterocycles. The number of likely N-dealkylation sites (tertiary alicyclic amines) is 1. The second-order valence-electron chi connectivity index (χ2n) is 11.4. The zero-order chi connectivity index (χ0) is 25.7. The van der Waals surface area contributed by atoms with Crippen LogP contribution in [0.5, 0.6) is 0 Å². The van der Waals surface area contributed by atoms with E-state index in [1.54, 1.807) is 13.0 Å². The second kappa shape index (κ2) is 9.05. The number of fused-ring (bicyclic) bond motifs is 2. The van der Waals surface area contributed by atoms with Crippen molar-refractivity contribution in [1.82, 2.24) is 10.2 Å². The lowest BCUT2D eigenvalue weighted by atomic mass is 9.68. The molecule has 3 aliphatic rings. The van der Waals surface area contributed by atoms with Crippen molar-refractivity contribution >= 4 is 12.0 Å². The molecule has 2 aromatic carbocycles. The van der Waals surface area contributed by atoms with Crippen LogP contribution in [0.3, 0.4) is 0 Å². The number of piperidine rings is 1. The molecule has 1 aliphatic heterocycles. The number of alkyl halides is 3. The predicted molar refractivity (Wildman–Crippen MR) is 136 cm³/mol. The van der Waals surface area contributed by atoms with E-state index in [-0.39, 0.29) is 11.3 Å². The van der Waals surface area contributed by atoms with Gasteiger partial charge in [0.2, 0.25) is 5.91 Å². The normalized spacial score (nSPS) is 30.9. The minimum atomic E-state index is -4.40. The zero-order valence-electron chi connectivity index (χ0n) is 21.2. The smallest absolute Gasteiger partial charge is 0.349 e. The van der Waals surface area contributed by atoms with Crippen LogP contribution in [0, 0.1) is 11.3 Å². The van der Waals surface area contributed by atoms with E-state index in [9.17, 15) is 18.0 Å². The van der Waals surface area contributed by atoms with Gasteiger partial charge in [-0.05, 0) is 73.9 Å². The van der Waals surface area contributed by atoms with Gasteiger partial charge in [-0.1, -0.05) is 62.4 Å². The van der Waals surface area contributed by atoms with Crippen molar-refractivity contribution in [2.24, 2.45) is 11.3 Å². The van der Waals surface area contributed by atoms with E-state index in [0.717, 1.165) is 50.9 Å². The minimum absolute atomic E-state index is 0.0657. The summed E-state index contributed by atoms with van der Waals surface area (Å²) in [6.45, 7) is 8.11. The summed E-state index contributed by atoms with van der Waals surface area (Å²) < 4.78 is 39.4. The summed E-state index contributed by atoms with van der Waals surface area (Å²) in [5.74, 6) is 0.414. The molecule has 0 bridgehead atoms. The van der Waals surface area contributed by atoms with Gasteiger partial charge >= 0.3 is 6.18 Å². The van der Waals surface area contributed by atoms with Crippen molar-refractivity contribution in [3.05, 3.63) is 76.9 Å². The Morgan fingerprint density at radius 3 is 2.67 bits per heavy atom. The summed E-state index contributed by atoms with van der Waals surface area (Å²) in [4.78, 5) is 15.9. The Kier molecular flexibility index (Phi) is 6.30. The SMILES string of the molecule is CC(NC(=O)C1(C)CCC(N2CC[C@@]3(C=Cc4ccccc43)[C@@H](C)C2)C1)c1cccc(C(F)(F)F)c1. The number of hydrogen-bond acceptors (Lipinski definition) is 2. The Hall–Kier alpha value is -2.60. The third-order valence-corrected chi connectivity index (χ3v) is 9.06. The predicted octanol–water partition coefficient (Wildman–Crippen LogP) is 6.75. The molecule has 3 nitrogen and oxygen atoms in total. The van der Waals surface area contributed by atoms with E-state index in [4.69, 9.17) is 0 Å². The van der Waals surface area contributed by atoms with Crippen molar-refractivity contribution in [2.45, 2.75) is 70.1 Å². The van der Waals surface area contributed by atoms with E-state index in [2.05, 4.69) is 53.6 Å². The van der Waals surface area contributed by atoms with Gasteiger partial charge in [0.1, 0.15) is 0 Å². The number of halogens is 3. The molecule has 1 heterocycles. The number of hydrogen-bond donors (Lipinski definition) is 1. The van der Waals surface area contributed by atoms with E-state index < -0.39 is 23.2 Å². The molecule has 6 heteroatoms. The average Bonchev–Trinajstić information content (AvgIpc) is 3.43. The maximum atomic E-state index is 13.3. The van der Waals surface area contributed by atoms with Gasteiger partial charge in [-0.15, -0.1) is 0 Å². The van der Waals surface area contributed by atoms with Crippen molar-refractivity contribution in [1.29, 1.82) is 0 Å². The first-order valence-electron chi connectivity index (χ1n) is 13.0. The van der Waals surface area contributed by atoms with Crippen molar-refractivity contribution < 1.29 is 18.0 Å². The summed E-state index contributed by atoms with van der Waals surface area (Å²) in [5.41, 5.74) is 2.14. The molecule has 5 atom stereocenters. The van der Waals surface area contributed by atoms with Gasteiger partial charge in [0.05, 0.1) is 11.6 Å². The van der Waals surface area contributed by atoms with E-state index in [1.165, 1.54) is 17.2 Å². The first-order chi connectivity index (χ1) is 17.0. The fourth-order valence-electron chi connectivity index (χ4n) is 6.72. The minimum Gasteiger partial charge on any atom is -0.349 e. The molecule has 1 spiro atoms. The summed E-state index contributed by atoms with van der Waals surface area (Å²) in [5, 5.41) is 3.01. The van der Waals surface area contributed by atoms with Crippen LogP contribution in [0.25, 0.3) is 6.08 Å². The lowest BCUT2D eigenvalue weighted by molar-refractivity contribution is -0.137. The summed E-state index contributed by atoms with van der Waals surface area (Å²) in [7, 11) is 0. The molecule has 5 rings (SSSR count). The Labute approximate surface area is 211 Å². The average molecular weight is 497 g/mol. The first-order valence-corrected chi connectivity index (χ1v) is 13.0. The molecule has 1 amide bonds. The Morgan fingerprint density at radius 1 is 1.14 bits per heavy atom. The maximum Gasteiger partial charge on any atom is 0.416 e. The number of carbonyl (C=O) groups is 1. The number of rotatable bonds is 4. The third-order valence-electron chi connectivity index (χ3n) is 9.06. The van der Waals surface area contributed by atoms with Crippen LogP contribution in [0.1, 0.15) is 74.8 Å². The summed E-state index contributed by atoms with van der Waals surface area (Å²) in [6, 6.07) is 13.8. The van der Waals surface area contributed by atoms with Gasteiger partial charge in [-0.25, -0.2) is 0 Å². The number of nitrogens with zero attached hydrogens (tertiary/aromatic N) is 1. The van der Waals surface area contributed by atoms with Gasteiger partial charge in [0, 0.05) is 23.4 Å². The van der Waals surface area contributed by atoms with E-state index >= 15 is 0 Å². The van der Waals surface area contributed by atoms with Crippen LogP contribution in [-0.2, 0) is 16.4 Å². The van der Waals surface area contributed by atoms with Crippen LogP contribution in [0.2, 0.25) is 0 Å². The highest BCUT2D eigenvalue weighted by Crippen LogP contribution is 2.49. The van der Waals surface area contributed by atoms with Crippen LogP contribution in [0.15, 0.2) is 54.6 Å². The molecule has 0 aromatic heterocycles. The monoisotopic (exact) mass is 496 g/mol. The summed E-state index contributed by atoms with van der Waals surface area (Å²) >= 11 is 0. The van der Waals surface area contributed by atoms with E-state index in [0.29, 0.717) is 17.5 Å². The Morgan fingerprint density at radius 2 is 1.92 bits per heavy atom. The highest BCUT2D eigenvalue weighted by atomic mass is 19.4. The van der Waals surface area contributed by atoms with Crippen molar-refractivity contribution in [3.63, 3.8) is 0 Å². The molecule has 2 aliphatic carbocycles. The van der Waals surface area contributed by atoms with Crippen molar-refractivity contribution in [2.75, 3.05) is 13.1 Å². The van der Waals surface area contributed by atoms with Crippen LogP contribution < -0.4 is 5.32 Å². The molecule has 1 saturated carbocycles. The highest BCUT2D eigenvalue weighted by Gasteiger charge is 2.48. The van der Waals surface area contributed by atoms with Gasteiger partial charge < -0.3 is 5.32 Å². The number of nitrogens with one attached hydrogen (secondary N) is 1. The fourth-order valence-corrected chi connectivity index (χ4v) is 6.72. The number of carbonyl (C=O) groups excluding carboxylic acids is 1. The largest absolute Gasteiger partial charge is 0.416 e. The molecule has 2 fully saturated rings. The van der Waals surface area contributed by atoms with Gasteiger partial charge in [0.25, 0.3) is 0 Å². The van der Waals surface area contributed by atoms with Crippen LogP contribution >= 0.6 is 0 Å². The summed E-state index contributed by atoms with van der Waals surface area (Å²) in [6.07, 6.45) is 3.88. The number of allylic oxidation sites excluding steroid dienone is 1. The number of benzene rings is 2. The standard InChI is InChI=1S/C30H35F3N2O/c1-20-19-35(16-15-29(20)14-11-22-7-4-5-10-26(22)29)25-12-13-28(3,18-25)27(36)34-21(2)23-8-6-9-24(17-23)30(31,32)33/h4-11,14,17,20-21,25H,12-13,15-16,18-19H2,1-3H3,(H,34,36)/t20-,21?,25?,28?,29-/m0/s1. The lowest BCUT2D eigenvalue weighted by Gasteiger charge is -2.46. The van der Waals surface area contributed by atoms with Crippen LogP contribution in [0.4, 0.5) is 13.2 Å². The molecule has 1 N–H and O–H groups in total. The van der Waals surface area contributed by atoms with Crippen LogP contribution in [-0.4, -0.2) is 29.9 Å². The molecular weight excluding hydrogens is 461 g/mol. The maximum absolute atomic E-state index is 13.3. The highest BCUT2D eigenvalue weighted by molar-refractivity contribution is 5.83. The Bertz CT molecular complexity index is 1170. The van der Waals surface area contributed by atoms with Gasteiger partial charge in [0.15, 0.2) is 0 Å².